The summed E-state index contributed by atoms with van der Waals surface area (Å²) in [6.07, 6.45) is 2.20. The van der Waals surface area contributed by atoms with Gasteiger partial charge in [0.25, 0.3) is 0 Å². The van der Waals surface area contributed by atoms with Crippen LogP contribution in [0.4, 0.5) is 4.79 Å². The molecule has 0 aromatic heterocycles. The highest BCUT2D eigenvalue weighted by Gasteiger charge is 2.44. The Morgan fingerprint density at radius 2 is 1.90 bits per heavy atom. The smallest absolute Gasteiger partial charge is 0.450 e. The first kappa shape index (κ1) is 23.3. The molecular formula is C22H28N2O6S. The first-order valence-corrected chi connectivity index (χ1v) is 11.5. The average Bonchev–Trinajstić information content (AvgIpc) is 2.75. The van der Waals surface area contributed by atoms with Gasteiger partial charge in [-0.25, -0.2) is 4.79 Å². The number of carboxylic acid groups (broad SMARTS) is 1. The fourth-order valence-corrected chi connectivity index (χ4v) is 5.47. The molecule has 2 fully saturated rings. The summed E-state index contributed by atoms with van der Waals surface area (Å²) in [5.41, 5.74) is 0.527. The van der Waals surface area contributed by atoms with Crippen LogP contribution in [0.1, 0.15) is 49.4 Å². The Morgan fingerprint density at radius 1 is 1.19 bits per heavy atom. The highest BCUT2D eigenvalue weighted by molar-refractivity contribution is 8.14. The number of amides is 1. The lowest BCUT2D eigenvalue weighted by Gasteiger charge is -2.44. The van der Waals surface area contributed by atoms with E-state index in [0.29, 0.717) is 12.0 Å². The van der Waals surface area contributed by atoms with Crippen molar-refractivity contribution in [1.82, 2.24) is 10.6 Å². The van der Waals surface area contributed by atoms with Crippen molar-refractivity contribution >= 4 is 34.7 Å². The van der Waals surface area contributed by atoms with Crippen molar-refractivity contribution in [2.24, 2.45) is 11.8 Å². The molecule has 4 unspecified atom stereocenters. The highest BCUT2D eigenvalue weighted by Crippen LogP contribution is 2.39. The van der Waals surface area contributed by atoms with E-state index in [4.69, 9.17) is 9.84 Å². The van der Waals surface area contributed by atoms with Gasteiger partial charge >= 0.3 is 6.16 Å². The Bertz CT molecular complexity index is 817. The van der Waals surface area contributed by atoms with Gasteiger partial charge in [-0.15, -0.1) is 0 Å². The number of thioether (sulfide) groups is 1. The maximum atomic E-state index is 13.5. The second-order valence-electron chi connectivity index (χ2n) is 8.08. The number of Topliss-reactive ketones (excluding diaryl/α,β-unsaturated/α-hetero) is 1. The Hall–Kier alpha value is -2.39. The third kappa shape index (κ3) is 6.30. The Kier molecular flexibility index (Phi) is 8.09. The number of ketones is 1. The molecule has 1 amide bonds. The second-order valence-corrected chi connectivity index (χ2v) is 9.07. The van der Waals surface area contributed by atoms with E-state index in [-0.39, 0.29) is 34.4 Å². The summed E-state index contributed by atoms with van der Waals surface area (Å²) >= 11 is 0.985. The number of fused-ring (bicyclic) bond motifs is 1. The Morgan fingerprint density at radius 3 is 2.58 bits per heavy atom. The SMILES string of the molecule is CC(=O)N[C@H](CSC(=O)c1ccccc1)C(=O)C1NC(OC(=O)O)CC2CCCCC21. The van der Waals surface area contributed by atoms with Gasteiger partial charge in [-0.05, 0) is 24.7 Å². The van der Waals surface area contributed by atoms with Crippen LogP contribution in [0, 0.1) is 11.8 Å². The maximum absolute atomic E-state index is 13.5. The lowest BCUT2D eigenvalue weighted by Crippen LogP contribution is -2.61. The van der Waals surface area contributed by atoms with Gasteiger partial charge in [0.2, 0.25) is 11.0 Å². The minimum absolute atomic E-state index is 0.0565. The third-order valence-corrected chi connectivity index (χ3v) is 6.94. The van der Waals surface area contributed by atoms with Crippen molar-refractivity contribution in [1.29, 1.82) is 0 Å². The molecule has 168 valence electrons. The lowest BCUT2D eigenvalue weighted by atomic mass is 9.69. The number of piperidine rings is 1. The van der Waals surface area contributed by atoms with Gasteiger partial charge in [0.15, 0.2) is 12.0 Å². The van der Waals surface area contributed by atoms with E-state index < -0.39 is 24.5 Å². The third-order valence-electron chi connectivity index (χ3n) is 5.94. The van der Waals surface area contributed by atoms with Gasteiger partial charge in [-0.1, -0.05) is 54.9 Å². The molecule has 1 saturated carbocycles. The van der Waals surface area contributed by atoms with Crippen molar-refractivity contribution < 1.29 is 29.0 Å². The standard InChI is InChI=1S/C22H28N2O6S/c1-13(25)23-17(12-31-21(27)14-7-3-2-4-8-14)20(26)19-16-10-6-5-9-15(16)11-18(24-19)30-22(28)29/h2-4,7-8,15-19,24H,5-6,9-12H2,1H3,(H,23,25)(H,28,29)/t15?,16?,17-,18?,19?/m1/s1. The summed E-state index contributed by atoms with van der Waals surface area (Å²) in [4.78, 5) is 48.8. The molecule has 0 bridgehead atoms. The Labute approximate surface area is 185 Å². The van der Waals surface area contributed by atoms with Gasteiger partial charge in [0.1, 0.15) is 0 Å². The van der Waals surface area contributed by atoms with E-state index in [1.165, 1.54) is 6.92 Å². The number of hydrogen-bond acceptors (Lipinski definition) is 7. The highest BCUT2D eigenvalue weighted by atomic mass is 32.2. The van der Waals surface area contributed by atoms with Crippen LogP contribution in [0.25, 0.3) is 0 Å². The fourth-order valence-electron chi connectivity index (χ4n) is 4.61. The number of nitrogens with one attached hydrogen (secondary N) is 2. The van der Waals surface area contributed by atoms with Gasteiger partial charge < -0.3 is 15.2 Å². The van der Waals surface area contributed by atoms with Gasteiger partial charge in [-0.3, -0.25) is 19.7 Å². The van der Waals surface area contributed by atoms with Gasteiger partial charge in [0.05, 0.1) is 12.1 Å². The molecule has 3 N–H and O–H groups in total. The van der Waals surface area contributed by atoms with Crippen LogP contribution in [0.5, 0.6) is 0 Å². The van der Waals surface area contributed by atoms with E-state index in [0.717, 1.165) is 37.4 Å². The van der Waals surface area contributed by atoms with Crippen LogP contribution in [0.3, 0.4) is 0 Å². The van der Waals surface area contributed by atoms with Gasteiger partial charge in [-0.2, -0.15) is 0 Å². The van der Waals surface area contributed by atoms with Gasteiger partial charge in [0, 0.05) is 24.7 Å². The summed E-state index contributed by atoms with van der Waals surface area (Å²) in [7, 11) is 0. The average molecular weight is 449 g/mol. The zero-order valence-corrected chi connectivity index (χ0v) is 18.2. The topological polar surface area (TPSA) is 122 Å². The number of carbonyl (C=O) groups excluding carboxylic acids is 3. The minimum Gasteiger partial charge on any atom is -0.450 e. The number of carbonyl (C=O) groups is 4. The molecule has 1 aliphatic carbocycles. The summed E-state index contributed by atoms with van der Waals surface area (Å²) < 4.78 is 4.94. The number of hydrogen-bond donors (Lipinski definition) is 3. The molecule has 5 atom stereocenters. The van der Waals surface area contributed by atoms with Crippen molar-refractivity contribution in [3.63, 3.8) is 0 Å². The predicted molar refractivity (Wildman–Crippen MR) is 116 cm³/mol. The first-order valence-electron chi connectivity index (χ1n) is 10.5. The van der Waals surface area contributed by atoms with E-state index in [1.807, 2.05) is 6.07 Å². The molecule has 0 radical (unpaired) electrons. The molecule has 1 heterocycles. The van der Waals surface area contributed by atoms with E-state index in [2.05, 4.69) is 10.6 Å². The molecule has 1 aromatic rings. The Balaban J connectivity index is 1.73. The summed E-state index contributed by atoms with van der Waals surface area (Å²) in [5.74, 6) is -0.253. The van der Waals surface area contributed by atoms with Crippen LogP contribution < -0.4 is 10.6 Å². The van der Waals surface area contributed by atoms with Crippen molar-refractivity contribution in [3.8, 4) is 0 Å². The first-order chi connectivity index (χ1) is 14.8. The van der Waals surface area contributed by atoms with Crippen molar-refractivity contribution in [2.75, 3.05) is 5.75 Å². The normalized spacial score (nSPS) is 26.2. The fraction of sp³-hybridized carbons (Fsp3) is 0.545. The van der Waals surface area contributed by atoms with Crippen molar-refractivity contribution in [3.05, 3.63) is 35.9 Å². The van der Waals surface area contributed by atoms with E-state index in [9.17, 15) is 19.2 Å². The van der Waals surface area contributed by atoms with Crippen LogP contribution in [-0.2, 0) is 14.3 Å². The molecule has 31 heavy (non-hydrogen) atoms. The molecule has 9 heteroatoms. The molecule has 2 aliphatic rings. The van der Waals surface area contributed by atoms with Crippen molar-refractivity contribution in [2.45, 2.75) is 57.3 Å². The van der Waals surface area contributed by atoms with Crippen LogP contribution in [0.15, 0.2) is 30.3 Å². The molecule has 1 aromatic carbocycles. The lowest BCUT2D eigenvalue weighted by molar-refractivity contribution is -0.132. The summed E-state index contributed by atoms with van der Waals surface area (Å²) in [6, 6.07) is 7.26. The minimum atomic E-state index is -1.39. The predicted octanol–water partition coefficient (Wildman–Crippen LogP) is 2.82. The van der Waals surface area contributed by atoms with Crippen LogP contribution in [-0.4, -0.2) is 52.1 Å². The van der Waals surface area contributed by atoms with E-state index >= 15 is 0 Å². The number of benzene rings is 1. The quantitative estimate of drug-likeness (QED) is 0.545. The monoisotopic (exact) mass is 448 g/mol. The summed E-state index contributed by atoms with van der Waals surface area (Å²) in [5, 5.41) is 14.6. The molecule has 1 aliphatic heterocycles. The summed E-state index contributed by atoms with van der Waals surface area (Å²) in [6.45, 7) is 1.33. The maximum Gasteiger partial charge on any atom is 0.507 e. The zero-order valence-electron chi connectivity index (χ0n) is 17.4. The molecular weight excluding hydrogens is 420 g/mol. The molecule has 0 spiro atoms. The second kappa shape index (κ2) is 10.8. The van der Waals surface area contributed by atoms with E-state index in [1.54, 1.807) is 24.3 Å². The molecule has 1 saturated heterocycles. The number of rotatable bonds is 7. The molecule has 3 rings (SSSR count). The molecule has 8 nitrogen and oxygen atoms in total. The van der Waals surface area contributed by atoms with Crippen LogP contribution >= 0.6 is 11.8 Å². The zero-order chi connectivity index (χ0) is 22.4. The van der Waals surface area contributed by atoms with Crippen LogP contribution in [0.2, 0.25) is 0 Å². The number of ether oxygens (including phenoxy) is 1. The largest absolute Gasteiger partial charge is 0.507 e.